The molecule has 3 rings (SSSR count). The Balaban J connectivity index is 1.74. The Labute approximate surface area is 157 Å². The zero-order chi connectivity index (χ0) is 19.4. The fraction of sp³-hybridized carbons (Fsp3) is 0.400. The number of hydrogen-bond donors (Lipinski definition) is 0. The van der Waals surface area contributed by atoms with Crippen molar-refractivity contribution < 1.29 is 23.4 Å². The van der Waals surface area contributed by atoms with Crippen molar-refractivity contribution in [3.63, 3.8) is 0 Å². The minimum atomic E-state index is -0.304. The summed E-state index contributed by atoms with van der Waals surface area (Å²) in [5.74, 6) is 1.71. The molecule has 2 heterocycles. The number of methoxy groups -OCH3 is 2. The van der Waals surface area contributed by atoms with Gasteiger partial charge >= 0.3 is 0 Å². The summed E-state index contributed by atoms with van der Waals surface area (Å²) in [4.78, 5) is 26.3. The van der Waals surface area contributed by atoms with Gasteiger partial charge in [-0.2, -0.15) is 0 Å². The molecule has 1 saturated heterocycles. The summed E-state index contributed by atoms with van der Waals surface area (Å²) in [5, 5.41) is 0. The molecule has 144 valence electrons. The maximum atomic E-state index is 12.7. The number of hydrogen-bond acceptors (Lipinski definition) is 6. The van der Waals surface area contributed by atoms with Gasteiger partial charge in [0.15, 0.2) is 6.61 Å². The Bertz CT molecular complexity index is 875. The molecule has 7 nitrogen and oxygen atoms in total. The Morgan fingerprint density at radius 3 is 2.74 bits per heavy atom. The van der Waals surface area contributed by atoms with Crippen LogP contribution < -0.4 is 19.6 Å². The van der Waals surface area contributed by atoms with Crippen LogP contribution in [0.3, 0.4) is 0 Å². The lowest BCUT2D eigenvalue weighted by atomic mass is 10.0. The highest BCUT2D eigenvalue weighted by Gasteiger charge is 2.32. The van der Waals surface area contributed by atoms with Crippen molar-refractivity contribution in [3.05, 3.63) is 52.1 Å². The second kappa shape index (κ2) is 8.16. The van der Waals surface area contributed by atoms with E-state index in [1.54, 1.807) is 26.0 Å². The average molecular weight is 373 g/mol. The molecule has 2 aromatic rings. The molecule has 0 bridgehead atoms. The van der Waals surface area contributed by atoms with Crippen molar-refractivity contribution in [2.45, 2.75) is 25.8 Å². The molecule has 1 amide bonds. The van der Waals surface area contributed by atoms with Gasteiger partial charge in [0.2, 0.25) is 11.2 Å². The van der Waals surface area contributed by atoms with Crippen LogP contribution in [0.15, 0.2) is 39.7 Å². The number of carbonyl (C=O) groups excluding carboxylic acids is 1. The van der Waals surface area contributed by atoms with Gasteiger partial charge in [-0.3, -0.25) is 9.59 Å². The minimum Gasteiger partial charge on any atom is -0.497 e. The Hall–Kier alpha value is -2.96. The van der Waals surface area contributed by atoms with E-state index >= 15 is 0 Å². The third kappa shape index (κ3) is 4.07. The molecule has 1 fully saturated rings. The third-order valence-electron chi connectivity index (χ3n) is 4.65. The first-order chi connectivity index (χ1) is 13.0. The molecule has 0 saturated carbocycles. The summed E-state index contributed by atoms with van der Waals surface area (Å²) < 4.78 is 21.3. The molecule has 1 aliphatic heterocycles. The highest BCUT2D eigenvalue weighted by molar-refractivity contribution is 5.78. The van der Waals surface area contributed by atoms with E-state index in [-0.39, 0.29) is 29.7 Å². The number of benzene rings is 1. The number of amides is 1. The average Bonchev–Trinajstić information content (AvgIpc) is 3.16. The number of rotatable bonds is 6. The van der Waals surface area contributed by atoms with Crippen LogP contribution in [0.4, 0.5) is 0 Å². The van der Waals surface area contributed by atoms with Crippen LogP contribution in [-0.2, 0) is 4.79 Å². The van der Waals surface area contributed by atoms with Crippen molar-refractivity contribution in [3.8, 4) is 17.2 Å². The van der Waals surface area contributed by atoms with Crippen molar-refractivity contribution in [2.75, 3.05) is 27.4 Å². The number of aryl methyl sites for hydroxylation is 1. The summed E-state index contributed by atoms with van der Waals surface area (Å²) in [5.41, 5.74) is 0.625. The topological polar surface area (TPSA) is 78.2 Å². The standard InChI is InChI=1S/C20H23NO6/c1-13-9-17(22)19(11-26-13)27-12-20(23)21-8-4-5-16(21)15-7-6-14(24-2)10-18(15)25-3/h6-7,9-11,16H,4-5,8,12H2,1-3H3/t16-/m1/s1. The molecule has 0 radical (unpaired) electrons. The number of carbonyl (C=O) groups is 1. The predicted octanol–water partition coefficient (Wildman–Crippen LogP) is 2.71. The van der Waals surface area contributed by atoms with Gasteiger partial charge in [-0.25, -0.2) is 0 Å². The van der Waals surface area contributed by atoms with Crippen LogP contribution in [0, 0.1) is 6.92 Å². The number of ether oxygens (including phenoxy) is 3. The maximum Gasteiger partial charge on any atom is 0.261 e. The number of nitrogens with zero attached hydrogens (tertiary/aromatic N) is 1. The Kier molecular flexibility index (Phi) is 5.69. The van der Waals surface area contributed by atoms with E-state index < -0.39 is 0 Å². The largest absolute Gasteiger partial charge is 0.497 e. The molecule has 1 aliphatic rings. The van der Waals surface area contributed by atoms with Crippen molar-refractivity contribution in [2.24, 2.45) is 0 Å². The molecule has 0 aliphatic carbocycles. The van der Waals surface area contributed by atoms with Gasteiger partial charge in [-0.1, -0.05) is 0 Å². The molecule has 27 heavy (non-hydrogen) atoms. The molecule has 1 atom stereocenters. The first kappa shape index (κ1) is 18.8. The third-order valence-corrected chi connectivity index (χ3v) is 4.65. The Morgan fingerprint density at radius 1 is 1.22 bits per heavy atom. The minimum absolute atomic E-state index is 0.0340. The normalized spacial score (nSPS) is 16.3. The molecule has 0 spiro atoms. The molecular formula is C20H23NO6. The lowest BCUT2D eigenvalue weighted by molar-refractivity contribution is -0.134. The van der Waals surface area contributed by atoms with Crippen molar-refractivity contribution in [1.29, 1.82) is 0 Å². The smallest absolute Gasteiger partial charge is 0.261 e. The first-order valence-corrected chi connectivity index (χ1v) is 8.77. The highest BCUT2D eigenvalue weighted by atomic mass is 16.5. The second-order valence-corrected chi connectivity index (χ2v) is 6.36. The van der Waals surface area contributed by atoms with Gasteiger partial charge in [-0.05, 0) is 31.9 Å². The molecule has 1 aromatic heterocycles. The monoisotopic (exact) mass is 373 g/mol. The van der Waals surface area contributed by atoms with E-state index in [9.17, 15) is 9.59 Å². The van der Waals surface area contributed by atoms with Crippen LogP contribution in [-0.4, -0.2) is 38.2 Å². The van der Waals surface area contributed by atoms with E-state index in [0.29, 0.717) is 23.8 Å². The van der Waals surface area contributed by atoms with Gasteiger partial charge in [0.05, 0.1) is 20.3 Å². The van der Waals surface area contributed by atoms with E-state index in [1.807, 2.05) is 18.2 Å². The van der Waals surface area contributed by atoms with E-state index in [1.165, 1.54) is 12.3 Å². The lowest BCUT2D eigenvalue weighted by Gasteiger charge is -2.26. The van der Waals surface area contributed by atoms with Gasteiger partial charge in [0.1, 0.15) is 23.5 Å². The lowest BCUT2D eigenvalue weighted by Crippen LogP contribution is -2.35. The van der Waals surface area contributed by atoms with Crippen LogP contribution in [0.1, 0.15) is 30.2 Å². The molecular weight excluding hydrogens is 350 g/mol. The predicted molar refractivity (Wildman–Crippen MR) is 98.4 cm³/mol. The SMILES string of the molecule is COc1ccc([C@H]2CCCN2C(=O)COc2coc(C)cc2=O)c(OC)c1. The van der Waals surface area contributed by atoms with Crippen molar-refractivity contribution >= 4 is 5.91 Å². The molecule has 1 aromatic carbocycles. The van der Waals surface area contributed by atoms with Crippen molar-refractivity contribution in [1.82, 2.24) is 4.90 Å². The number of likely N-dealkylation sites (tertiary alicyclic amines) is 1. The van der Waals surface area contributed by atoms with Crippen LogP contribution in [0.5, 0.6) is 17.2 Å². The first-order valence-electron chi connectivity index (χ1n) is 8.77. The molecule has 7 heteroatoms. The van der Waals surface area contributed by atoms with E-state index in [0.717, 1.165) is 18.4 Å². The summed E-state index contributed by atoms with van der Waals surface area (Å²) in [6, 6.07) is 6.82. The highest BCUT2D eigenvalue weighted by Crippen LogP contribution is 2.38. The summed E-state index contributed by atoms with van der Waals surface area (Å²) in [6.07, 6.45) is 2.96. The second-order valence-electron chi connectivity index (χ2n) is 6.36. The van der Waals surface area contributed by atoms with Crippen LogP contribution in [0.25, 0.3) is 0 Å². The summed E-state index contributed by atoms with van der Waals surface area (Å²) >= 11 is 0. The summed E-state index contributed by atoms with van der Waals surface area (Å²) in [6.45, 7) is 2.08. The van der Waals surface area contributed by atoms with E-state index in [4.69, 9.17) is 18.6 Å². The maximum absolute atomic E-state index is 12.7. The van der Waals surface area contributed by atoms with Crippen LogP contribution in [0.2, 0.25) is 0 Å². The van der Waals surface area contributed by atoms with E-state index in [2.05, 4.69) is 0 Å². The Morgan fingerprint density at radius 2 is 2.04 bits per heavy atom. The van der Waals surface area contributed by atoms with Crippen LogP contribution >= 0.6 is 0 Å². The quantitative estimate of drug-likeness (QED) is 0.775. The molecule has 0 unspecified atom stereocenters. The van der Waals surface area contributed by atoms with Gasteiger partial charge in [0.25, 0.3) is 5.91 Å². The zero-order valence-electron chi connectivity index (χ0n) is 15.7. The summed E-state index contributed by atoms with van der Waals surface area (Å²) in [7, 11) is 3.19. The van der Waals surface area contributed by atoms with Gasteiger partial charge in [-0.15, -0.1) is 0 Å². The zero-order valence-corrected chi connectivity index (χ0v) is 15.7. The fourth-order valence-electron chi connectivity index (χ4n) is 3.30. The fourth-order valence-corrected chi connectivity index (χ4v) is 3.30. The van der Waals surface area contributed by atoms with Gasteiger partial charge < -0.3 is 23.5 Å². The van der Waals surface area contributed by atoms with Gasteiger partial charge in [0, 0.05) is 24.2 Å². The molecule has 0 N–H and O–H groups in total.